The highest BCUT2D eigenvalue weighted by atomic mass is 16.5. The average molecular weight is 303 g/mol. The molecule has 6 nitrogen and oxygen atoms in total. The number of hydrogen-bond donors (Lipinski definition) is 1. The molecule has 1 aromatic carbocycles. The second-order valence-corrected chi connectivity index (χ2v) is 5.48. The lowest BCUT2D eigenvalue weighted by Gasteiger charge is -2.08. The summed E-state index contributed by atoms with van der Waals surface area (Å²) < 4.78 is 10.4. The number of carbonyl (C=O) groups excluding carboxylic acids is 1. The van der Waals surface area contributed by atoms with Crippen LogP contribution in [-0.2, 0) is 6.61 Å². The minimum absolute atomic E-state index is 0.0685. The molecule has 1 amide bonds. The summed E-state index contributed by atoms with van der Waals surface area (Å²) in [6, 6.07) is 6.98. The lowest BCUT2D eigenvalue weighted by atomic mass is 10.1. The van der Waals surface area contributed by atoms with Gasteiger partial charge in [0.15, 0.2) is 6.61 Å². The van der Waals surface area contributed by atoms with Crippen molar-refractivity contribution in [3.8, 4) is 5.75 Å². The Bertz CT molecular complexity index is 605. The van der Waals surface area contributed by atoms with Gasteiger partial charge in [-0.25, -0.2) is 0 Å². The highest BCUT2D eigenvalue weighted by Crippen LogP contribution is 2.13. The first-order valence-electron chi connectivity index (χ1n) is 7.35. The van der Waals surface area contributed by atoms with E-state index in [0.717, 1.165) is 6.42 Å². The summed E-state index contributed by atoms with van der Waals surface area (Å²) in [4.78, 5) is 16.0. The Balaban J connectivity index is 1.83. The molecule has 1 aromatic heterocycles. The summed E-state index contributed by atoms with van der Waals surface area (Å²) >= 11 is 0. The summed E-state index contributed by atoms with van der Waals surface area (Å²) in [5.74, 6) is 2.16. The van der Waals surface area contributed by atoms with Gasteiger partial charge >= 0.3 is 0 Å². The number of nitrogens with one attached hydrogen (secondary N) is 1. The molecule has 0 aliphatic carbocycles. The highest BCUT2D eigenvalue weighted by Gasteiger charge is 2.07. The topological polar surface area (TPSA) is 77.2 Å². The zero-order valence-corrected chi connectivity index (χ0v) is 13.1. The number of hydrogen-bond acceptors (Lipinski definition) is 5. The third-order valence-corrected chi connectivity index (χ3v) is 3.06. The molecule has 0 saturated carbocycles. The van der Waals surface area contributed by atoms with Gasteiger partial charge < -0.3 is 14.6 Å². The average Bonchev–Trinajstić information content (AvgIpc) is 2.91. The number of aromatic nitrogens is 2. The van der Waals surface area contributed by atoms with Gasteiger partial charge in [0.2, 0.25) is 11.7 Å². The van der Waals surface area contributed by atoms with Gasteiger partial charge in [-0.15, -0.1) is 0 Å². The maximum absolute atomic E-state index is 11.9. The first-order valence-corrected chi connectivity index (χ1v) is 7.35. The van der Waals surface area contributed by atoms with Crippen molar-refractivity contribution in [2.24, 2.45) is 5.92 Å². The number of amides is 1. The molecule has 0 saturated heterocycles. The molecular formula is C16H21N3O3. The molecule has 2 aromatic rings. The SMILES string of the molecule is Cc1nc(COc2ccc(C(=O)NCCC(C)C)cc2)no1. The minimum atomic E-state index is -0.0685. The number of carbonyl (C=O) groups is 1. The molecule has 0 unspecified atom stereocenters. The van der Waals surface area contributed by atoms with Gasteiger partial charge in [0.1, 0.15) is 5.75 Å². The summed E-state index contributed by atoms with van der Waals surface area (Å²) in [5.41, 5.74) is 0.617. The Hall–Kier alpha value is -2.37. The van der Waals surface area contributed by atoms with Gasteiger partial charge in [-0.05, 0) is 36.6 Å². The van der Waals surface area contributed by atoms with E-state index in [1.807, 2.05) is 0 Å². The van der Waals surface area contributed by atoms with Crippen LogP contribution in [-0.4, -0.2) is 22.6 Å². The van der Waals surface area contributed by atoms with Crippen molar-refractivity contribution in [3.63, 3.8) is 0 Å². The van der Waals surface area contributed by atoms with E-state index in [2.05, 4.69) is 29.3 Å². The van der Waals surface area contributed by atoms with Crippen LogP contribution < -0.4 is 10.1 Å². The molecule has 2 rings (SSSR count). The van der Waals surface area contributed by atoms with Crippen molar-refractivity contribution >= 4 is 5.91 Å². The van der Waals surface area contributed by atoms with Crippen LogP contribution in [0.3, 0.4) is 0 Å². The van der Waals surface area contributed by atoms with E-state index in [0.29, 0.717) is 35.5 Å². The fraction of sp³-hybridized carbons (Fsp3) is 0.438. The molecule has 22 heavy (non-hydrogen) atoms. The molecule has 0 fully saturated rings. The second-order valence-electron chi connectivity index (χ2n) is 5.48. The Labute approximate surface area is 129 Å². The van der Waals surface area contributed by atoms with Crippen molar-refractivity contribution in [1.82, 2.24) is 15.5 Å². The normalized spacial score (nSPS) is 10.7. The molecule has 0 radical (unpaired) electrons. The maximum atomic E-state index is 11.9. The fourth-order valence-electron chi connectivity index (χ4n) is 1.83. The van der Waals surface area contributed by atoms with E-state index >= 15 is 0 Å². The zero-order chi connectivity index (χ0) is 15.9. The molecule has 0 spiro atoms. The Kier molecular flexibility index (Phi) is 5.52. The molecule has 0 bridgehead atoms. The first kappa shape index (κ1) is 16.0. The van der Waals surface area contributed by atoms with E-state index in [9.17, 15) is 4.79 Å². The van der Waals surface area contributed by atoms with Gasteiger partial charge in [0.05, 0.1) is 0 Å². The van der Waals surface area contributed by atoms with Crippen molar-refractivity contribution in [1.29, 1.82) is 0 Å². The third kappa shape index (κ3) is 4.87. The van der Waals surface area contributed by atoms with E-state index in [1.54, 1.807) is 31.2 Å². The van der Waals surface area contributed by atoms with E-state index in [-0.39, 0.29) is 12.5 Å². The lowest BCUT2D eigenvalue weighted by molar-refractivity contribution is 0.0952. The molecule has 1 N–H and O–H groups in total. The molecule has 0 aliphatic heterocycles. The summed E-state index contributed by atoms with van der Waals surface area (Å²) in [6.45, 7) is 6.90. The van der Waals surface area contributed by atoms with Gasteiger partial charge in [0, 0.05) is 19.0 Å². The second kappa shape index (κ2) is 7.59. The quantitative estimate of drug-likeness (QED) is 0.851. The fourth-order valence-corrected chi connectivity index (χ4v) is 1.83. The van der Waals surface area contributed by atoms with Crippen LogP contribution in [0.5, 0.6) is 5.75 Å². The largest absolute Gasteiger partial charge is 0.485 e. The van der Waals surface area contributed by atoms with Crippen LogP contribution in [0.2, 0.25) is 0 Å². The van der Waals surface area contributed by atoms with Gasteiger partial charge in [-0.1, -0.05) is 19.0 Å². The number of benzene rings is 1. The number of rotatable bonds is 7. The monoisotopic (exact) mass is 303 g/mol. The molecular weight excluding hydrogens is 282 g/mol. The number of nitrogens with zero attached hydrogens (tertiary/aromatic N) is 2. The third-order valence-electron chi connectivity index (χ3n) is 3.06. The predicted octanol–water partition coefficient (Wildman–Crippen LogP) is 2.73. The van der Waals surface area contributed by atoms with E-state index < -0.39 is 0 Å². The molecule has 0 atom stereocenters. The van der Waals surface area contributed by atoms with Crippen LogP contribution in [0, 0.1) is 12.8 Å². The molecule has 1 heterocycles. The highest BCUT2D eigenvalue weighted by molar-refractivity contribution is 5.94. The van der Waals surface area contributed by atoms with Crippen LogP contribution in [0.4, 0.5) is 0 Å². The molecule has 118 valence electrons. The van der Waals surface area contributed by atoms with Crippen molar-refractivity contribution in [3.05, 3.63) is 41.5 Å². The number of ether oxygens (including phenoxy) is 1. The van der Waals surface area contributed by atoms with E-state index in [4.69, 9.17) is 9.26 Å². The van der Waals surface area contributed by atoms with Crippen LogP contribution >= 0.6 is 0 Å². The number of aryl methyl sites for hydroxylation is 1. The standard InChI is InChI=1S/C16H21N3O3/c1-11(2)8-9-17-16(20)13-4-6-14(7-5-13)21-10-15-18-12(3)22-19-15/h4-7,11H,8-10H2,1-3H3,(H,17,20). The van der Waals surface area contributed by atoms with E-state index in [1.165, 1.54) is 0 Å². The summed E-state index contributed by atoms with van der Waals surface area (Å²) in [7, 11) is 0. The summed E-state index contributed by atoms with van der Waals surface area (Å²) in [5, 5.41) is 6.65. The van der Waals surface area contributed by atoms with Crippen LogP contribution in [0.1, 0.15) is 42.3 Å². The zero-order valence-electron chi connectivity index (χ0n) is 13.1. The minimum Gasteiger partial charge on any atom is -0.485 e. The van der Waals surface area contributed by atoms with Gasteiger partial charge in [-0.2, -0.15) is 4.98 Å². The Morgan fingerprint density at radius 1 is 1.32 bits per heavy atom. The van der Waals surface area contributed by atoms with Crippen LogP contribution in [0.25, 0.3) is 0 Å². The summed E-state index contributed by atoms with van der Waals surface area (Å²) in [6.07, 6.45) is 0.969. The predicted molar refractivity (Wildman–Crippen MR) is 81.6 cm³/mol. The van der Waals surface area contributed by atoms with Crippen molar-refractivity contribution in [2.45, 2.75) is 33.8 Å². The maximum Gasteiger partial charge on any atom is 0.251 e. The van der Waals surface area contributed by atoms with Crippen molar-refractivity contribution < 1.29 is 14.1 Å². The lowest BCUT2D eigenvalue weighted by Crippen LogP contribution is -2.25. The molecule has 6 heteroatoms. The Morgan fingerprint density at radius 2 is 2.05 bits per heavy atom. The smallest absolute Gasteiger partial charge is 0.251 e. The van der Waals surface area contributed by atoms with Gasteiger partial charge in [0.25, 0.3) is 5.91 Å². The van der Waals surface area contributed by atoms with Crippen molar-refractivity contribution in [2.75, 3.05) is 6.54 Å². The van der Waals surface area contributed by atoms with Crippen LogP contribution in [0.15, 0.2) is 28.8 Å². The molecule has 0 aliphatic rings. The van der Waals surface area contributed by atoms with Gasteiger partial charge in [-0.3, -0.25) is 4.79 Å². The first-order chi connectivity index (χ1) is 10.5. The Morgan fingerprint density at radius 3 is 2.64 bits per heavy atom.